The molecular formula is C18H23BrN2O5. The Bertz CT molecular complexity index is 704. The second-order valence-corrected chi connectivity index (χ2v) is 8.84. The maximum Gasteiger partial charge on any atom is 0.410 e. The van der Waals surface area contributed by atoms with Crippen LogP contribution in [0, 0.1) is 22.0 Å². The van der Waals surface area contributed by atoms with E-state index >= 15 is 0 Å². The average Bonchev–Trinajstić information content (AvgIpc) is 3.05. The molecule has 26 heavy (non-hydrogen) atoms. The van der Waals surface area contributed by atoms with E-state index in [0.717, 1.165) is 12.8 Å². The molecule has 1 aromatic rings. The zero-order valence-corrected chi connectivity index (χ0v) is 16.7. The quantitative estimate of drug-likeness (QED) is 0.528. The number of hydrogen-bond acceptors (Lipinski definition) is 5. The molecule has 1 heterocycles. The molecule has 8 heteroatoms. The van der Waals surface area contributed by atoms with Gasteiger partial charge in [0, 0.05) is 25.2 Å². The van der Waals surface area contributed by atoms with Crippen molar-refractivity contribution >= 4 is 27.7 Å². The van der Waals surface area contributed by atoms with Crippen molar-refractivity contribution in [3.8, 4) is 5.75 Å². The molecule has 7 nitrogen and oxygen atoms in total. The summed E-state index contributed by atoms with van der Waals surface area (Å²) in [5, 5.41) is 10.8. The van der Waals surface area contributed by atoms with E-state index in [4.69, 9.17) is 9.47 Å². The lowest BCUT2D eigenvalue weighted by atomic mass is 10.0. The Morgan fingerprint density at radius 3 is 2.38 bits per heavy atom. The first-order valence-electron chi connectivity index (χ1n) is 8.71. The van der Waals surface area contributed by atoms with Crippen molar-refractivity contribution in [1.29, 1.82) is 0 Å². The van der Waals surface area contributed by atoms with Crippen LogP contribution < -0.4 is 4.74 Å². The molecule has 0 radical (unpaired) electrons. The summed E-state index contributed by atoms with van der Waals surface area (Å²) in [7, 11) is 0. The zero-order chi connectivity index (χ0) is 19.1. The highest BCUT2D eigenvalue weighted by atomic mass is 79.9. The normalized spacial score (nSPS) is 25.1. The standard InChI is InChI=1S/C18H23BrN2O5/c1-18(2,3)26-17(22)20-9-11-6-14(7-12(11)10-20)25-16-5-4-13(21(23)24)8-15(16)19/h4-5,8,11-12,14H,6-7,9-10H2,1-3H3. The van der Waals surface area contributed by atoms with Gasteiger partial charge in [0.05, 0.1) is 15.5 Å². The fourth-order valence-corrected chi connectivity index (χ4v) is 4.15. The van der Waals surface area contributed by atoms with Crippen LogP contribution in [0.4, 0.5) is 10.5 Å². The molecule has 1 saturated heterocycles. The highest BCUT2D eigenvalue weighted by molar-refractivity contribution is 9.10. The van der Waals surface area contributed by atoms with E-state index < -0.39 is 10.5 Å². The number of rotatable bonds is 3. The number of hydrogen-bond donors (Lipinski definition) is 0. The molecular weight excluding hydrogens is 404 g/mol. The molecule has 2 atom stereocenters. The minimum Gasteiger partial charge on any atom is -0.489 e. The monoisotopic (exact) mass is 426 g/mol. The number of likely N-dealkylation sites (tertiary alicyclic amines) is 1. The molecule has 1 amide bonds. The van der Waals surface area contributed by atoms with Crippen molar-refractivity contribution in [1.82, 2.24) is 4.90 Å². The number of ether oxygens (including phenoxy) is 2. The SMILES string of the molecule is CC(C)(C)OC(=O)N1CC2CC(Oc3ccc([N+](=O)[O-])cc3Br)CC2C1. The number of nitro groups is 1. The van der Waals surface area contributed by atoms with Crippen LogP contribution in [0.2, 0.25) is 0 Å². The number of halogens is 1. The van der Waals surface area contributed by atoms with E-state index in [1.54, 1.807) is 11.0 Å². The maximum atomic E-state index is 12.2. The van der Waals surface area contributed by atoms with Gasteiger partial charge in [-0.15, -0.1) is 0 Å². The maximum absolute atomic E-state index is 12.2. The lowest BCUT2D eigenvalue weighted by Crippen LogP contribution is -2.36. The molecule has 1 aliphatic heterocycles. The number of nitro benzene ring substituents is 1. The van der Waals surface area contributed by atoms with Crippen molar-refractivity contribution in [2.45, 2.75) is 45.3 Å². The molecule has 2 fully saturated rings. The van der Waals surface area contributed by atoms with Crippen LogP contribution >= 0.6 is 15.9 Å². The first-order chi connectivity index (χ1) is 12.1. The van der Waals surface area contributed by atoms with Gasteiger partial charge in [-0.25, -0.2) is 4.79 Å². The first kappa shape index (κ1) is 18.9. The van der Waals surface area contributed by atoms with Crippen LogP contribution in [-0.2, 0) is 4.74 Å². The van der Waals surface area contributed by atoms with Crippen molar-refractivity contribution in [2.75, 3.05) is 13.1 Å². The van der Waals surface area contributed by atoms with Gasteiger partial charge in [0.1, 0.15) is 11.4 Å². The van der Waals surface area contributed by atoms with Gasteiger partial charge >= 0.3 is 6.09 Å². The largest absolute Gasteiger partial charge is 0.489 e. The van der Waals surface area contributed by atoms with Crippen LogP contribution in [0.25, 0.3) is 0 Å². The van der Waals surface area contributed by atoms with Gasteiger partial charge < -0.3 is 14.4 Å². The molecule has 1 aromatic carbocycles. The van der Waals surface area contributed by atoms with E-state index in [2.05, 4.69) is 15.9 Å². The molecule has 0 spiro atoms. The summed E-state index contributed by atoms with van der Waals surface area (Å²) in [5.74, 6) is 1.43. The number of amides is 1. The van der Waals surface area contributed by atoms with E-state index in [1.807, 2.05) is 20.8 Å². The fourth-order valence-electron chi connectivity index (χ4n) is 3.69. The van der Waals surface area contributed by atoms with Crippen LogP contribution in [0.15, 0.2) is 22.7 Å². The highest BCUT2D eigenvalue weighted by Crippen LogP contribution is 2.41. The van der Waals surface area contributed by atoms with Gasteiger partial charge in [-0.2, -0.15) is 0 Å². The number of benzene rings is 1. The summed E-state index contributed by atoms with van der Waals surface area (Å²) >= 11 is 3.34. The molecule has 0 N–H and O–H groups in total. The minimum atomic E-state index is -0.484. The molecule has 142 valence electrons. The Hall–Kier alpha value is -1.83. The summed E-state index contributed by atoms with van der Waals surface area (Å²) in [6, 6.07) is 4.53. The molecule has 0 aromatic heterocycles. The second kappa shape index (κ2) is 7.06. The summed E-state index contributed by atoms with van der Waals surface area (Å²) in [4.78, 5) is 24.4. The van der Waals surface area contributed by atoms with Crippen molar-refractivity contribution in [3.05, 3.63) is 32.8 Å². The topological polar surface area (TPSA) is 81.9 Å². The summed E-state index contributed by atoms with van der Waals surface area (Å²) in [5.41, 5.74) is -0.455. The van der Waals surface area contributed by atoms with Gasteiger partial charge in [-0.1, -0.05) is 0 Å². The number of fused-ring (bicyclic) bond motifs is 1. The third-order valence-electron chi connectivity index (χ3n) is 4.78. The molecule has 2 aliphatic rings. The Morgan fingerprint density at radius 2 is 1.88 bits per heavy atom. The number of carbonyl (C=O) groups excluding carboxylic acids is 1. The van der Waals surface area contributed by atoms with Gasteiger partial charge in [0.2, 0.25) is 0 Å². The predicted octanol–water partition coefficient (Wildman–Crippen LogP) is 4.38. The van der Waals surface area contributed by atoms with Crippen LogP contribution in [-0.4, -0.2) is 40.7 Å². The summed E-state index contributed by atoms with van der Waals surface area (Å²) < 4.78 is 12.1. The van der Waals surface area contributed by atoms with E-state index in [1.165, 1.54) is 12.1 Å². The van der Waals surface area contributed by atoms with Gasteiger partial charge in [-0.3, -0.25) is 10.1 Å². The van der Waals surface area contributed by atoms with Crippen LogP contribution in [0.3, 0.4) is 0 Å². The zero-order valence-electron chi connectivity index (χ0n) is 15.1. The van der Waals surface area contributed by atoms with Crippen LogP contribution in [0.1, 0.15) is 33.6 Å². The molecule has 1 aliphatic carbocycles. The number of nitrogens with zero attached hydrogens (tertiary/aromatic N) is 2. The lowest BCUT2D eigenvalue weighted by molar-refractivity contribution is -0.385. The van der Waals surface area contributed by atoms with Gasteiger partial charge in [0.15, 0.2) is 0 Å². The molecule has 1 saturated carbocycles. The Balaban J connectivity index is 1.55. The molecule has 0 bridgehead atoms. The lowest BCUT2D eigenvalue weighted by Gasteiger charge is -2.25. The van der Waals surface area contributed by atoms with Crippen molar-refractivity contribution in [3.63, 3.8) is 0 Å². The van der Waals surface area contributed by atoms with Gasteiger partial charge in [-0.05, 0) is 67.4 Å². The Labute approximate surface area is 160 Å². The smallest absolute Gasteiger partial charge is 0.410 e. The van der Waals surface area contributed by atoms with E-state index in [9.17, 15) is 14.9 Å². The first-order valence-corrected chi connectivity index (χ1v) is 9.50. The summed E-state index contributed by atoms with van der Waals surface area (Å²) in [6.07, 6.45) is 1.55. The van der Waals surface area contributed by atoms with Gasteiger partial charge in [0.25, 0.3) is 5.69 Å². The predicted molar refractivity (Wildman–Crippen MR) is 99.2 cm³/mol. The minimum absolute atomic E-state index is 0.0283. The summed E-state index contributed by atoms with van der Waals surface area (Å²) in [6.45, 7) is 7.00. The van der Waals surface area contributed by atoms with Crippen molar-refractivity contribution in [2.24, 2.45) is 11.8 Å². The molecule has 3 rings (SSSR count). The average molecular weight is 427 g/mol. The van der Waals surface area contributed by atoms with E-state index in [0.29, 0.717) is 35.1 Å². The number of non-ortho nitro benzene ring substituents is 1. The molecule has 2 unspecified atom stereocenters. The third-order valence-corrected chi connectivity index (χ3v) is 5.40. The third kappa shape index (κ3) is 4.28. The number of carbonyl (C=O) groups is 1. The van der Waals surface area contributed by atoms with Crippen molar-refractivity contribution < 1.29 is 19.2 Å². The fraction of sp³-hybridized carbons (Fsp3) is 0.611. The van der Waals surface area contributed by atoms with Crippen LogP contribution in [0.5, 0.6) is 5.75 Å². The Kier molecular flexibility index (Phi) is 5.14. The second-order valence-electron chi connectivity index (χ2n) is 7.99. The van der Waals surface area contributed by atoms with E-state index in [-0.39, 0.29) is 17.9 Å². The highest BCUT2D eigenvalue weighted by Gasteiger charge is 2.44. The Morgan fingerprint density at radius 1 is 1.27 bits per heavy atom.